The number of methoxy groups -OCH3 is 1. The van der Waals surface area contributed by atoms with Gasteiger partial charge in [0.05, 0.1) is 30.9 Å². The first-order valence-corrected chi connectivity index (χ1v) is 11.5. The molecule has 0 bridgehead atoms. The molecule has 0 amide bonds. The average molecular weight is 483 g/mol. The smallest absolute Gasteiger partial charge is 0.194 e. The molecule has 0 saturated carbocycles. The van der Waals surface area contributed by atoms with Crippen molar-refractivity contribution in [2.24, 2.45) is 5.16 Å². The van der Waals surface area contributed by atoms with E-state index in [1.807, 2.05) is 46.9 Å². The number of hydrogen-bond acceptors (Lipinski definition) is 5. The number of rotatable bonds is 4. The molecule has 35 heavy (non-hydrogen) atoms. The first kappa shape index (κ1) is 23.0. The van der Waals surface area contributed by atoms with Gasteiger partial charge in [-0.15, -0.1) is 0 Å². The van der Waals surface area contributed by atoms with Gasteiger partial charge in [-0.1, -0.05) is 11.2 Å². The van der Waals surface area contributed by atoms with Crippen LogP contribution in [0.25, 0.3) is 11.8 Å². The van der Waals surface area contributed by atoms with Crippen LogP contribution in [0.3, 0.4) is 0 Å². The molecule has 3 aromatic rings. The molecule has 1 unspecified atom stereocenters. The van der Waals surface area contributed by atoms with Crippen molar-refractivity contribution in [1.29, 1.82) is 0 Å². The van der Waals surface area contributed by atoms with Crippen LogP contribution in [-0.2, 0) is 4.84 Å². The number of halogens is 3. The lowest BCUT2D eigenvalue weighted by Gasteiger charge is -2.36. The number of nitrogens with zero attached hydrogens (tertiary/aromatic N) is 4. The van der Waals surface area contributed by atoms with Gasteiger partial charge in [0.2, 0.25) is 0 Å². The van der Waals surface area contributed by atoms with Gasteiger partial charge in [-0.3, -0.25) is 0 Å². The van der Waals surface area contributed by atoms with Crippen LogP contribution in [-0.4, -0.2) is 40.5 Å². The Morgan fingerprint density at radius 1 is 1.14 bits per heavy atom. The van der Waals surface area contributed by atoms with Gasteiger partial charge in [0.15, 0.2) is 23.3 Å². The van der Waals surface area contributed by atoms with E-state index in [4.69, 9.17) is 9.57 Å². The topological polar surface area (TPSA) is 51.9 Å². The predicted octanol–water partition coefficient (Wildman–Crippen LogP) is 5.56. The maximum absolute atomic E-state index is 14.0. The van der Waals surface area contributed by atoms with Gasteiger partial charge in [0.25, 0.3) is 0 Å². The maximum Gasteiger partial charge on any atom is 0.194 e. The lowest BCUT2D eigenvalue weighted by molar-refractivity contribution is 0.140. The third-order valence-electron chi connectivity index (χ3n) is 6.34. The molecule has 5 rings (SSSR count). The largest absolute Gasteiger partial charge is 0.495 e. The van der Waals surface area contributed by atoms with Crippen LogP contribution in [0.15, 0.2) is 53.6 Å². The molecule has 0 N–H and O–H groups in total. The van der Waals surface area contributed by atoms with Crippen molar-refractivity contribution in [1.82, 2.24) is 14.5 Å². The zero-order valence-corrected chi connectivity index (χ0v) is 19.5. The summed E-state index contributed by atoms with van der Waals surface area (Å²) in [5.41, 5.74) is 4.00. The summed E-state index contributed by atoms with van der Waals surface area (Å²) in [7, 11) is 1.62. The minimum Gasteiger partial charge on any atom is -0.495 e. The monoisotopic (exact) mass is 482 g/mol. The van der Waals surface area contributed by atoms with E-state index in [2.05, 4.69) is 10.1 Å². The molecule has 1 saturated heterocycles. The summed E-state index contributed by atoms with van der Waals surface area (Å²) in [5.74, 6) is -2.54. The van der Waals surface area contributed by atoms with Gasteiger partial charge in [0, 0.05) is 19.2 Å². The maximum atomic E-state index is 14.0. The highest BCUT2D eigenvalue weighted by Gasteiger charge is 2.32. The fourth-order valence-electron chi connectivity index (χ4n) is 4.69. The number of imidazole rings is 1. The van der Waals surface area contributed by atoms with Crippen LogP contribution in [0.4, 0.5) is 13.2 Å². The molecular formula is C26H25F3N4O2. The third kappa shape index (κ3) is 4.50. The van der Waals surface area contributed by atoms with Crippen molar-refractivity contribution in [2.75, 3.05) is 20.3 Å². The first-order valence-electron chi connectivity index (χ1n) is 11.5. The number of oxime groups is 1. The van der Waals surface area contributed by atoms with E-state index in [0.29, 0.717) is 30.1 Å². The Hall–Kier alpha value is -3.75. The molecule has 6 nitrogen and oxygen atoms in total. The number of ether oxygens (including phenoxy) is 1. The molecule has 0 aliphatic carbocycles. The minimum atomic E-state index is -1.46. The summed E-state index contributed by atoms with van der Waals surface area (Å²) >= 11 is 0. The van der Waals surface area contributed by atoms with E-state index in [1.54, 1.807) is 13.4 Å². The summed E-state index contributed by atoms with van der Waals surface area (Å²) in [5, 5.41) is 4.34. The molecule has 2 aliphatic heterocycles. The van der Waals surface area contributed by atoms with Crippen LogP contribution >= 0.6 is 0 Å². The highest BCUT2D eigenvalue weighted by molar-refractivity contribution is 6.02. The highest BCUT2D eigenvalue weighted by atomic mass is 19.2. The zero-order valence-electron chi connectivity index (χ0n) is 19.5. The minimum absolute atomic E-state index is 0.283. The summed E-state index contributed by atoms with van der Waals surface area (Å²) < 4.78 is 49.1. The van der Waals surface area contributed by atoms with Gasteiger partial charge in [-0.2, -0.15) is 0 Å². The van der Waals surface area contributed by atoms with Gasteiger partial charge >= 0.3 is 0 Å². The van der Waals surface area contributed by atoms with Crippen molar-refractivity contribution in [3.63, 3.8) is 0 Å². The van der Waals surface area contributed by atoms with E-state index < -0.39 is 17.5 Å². The van der Waals surface area contributed by atoms with Crippen LogP contribution < -0.4 is 4.74 Å². The fraction of sp³-hybridized carbons (Fsp3) is 0.308. The molecule has 9 heteroatoms. The number of fused-ring (bicyclic) bond motifs is 1. The third-order valence-corrected chi connectivity index (χ3v) is 6.34. The molecule has 2 aliphatic rings. The highest BCUT2D eigenvalue weighted by Crippen LogP contribution is 2.35. The molecule has 0 spiro atoms. The van der Waals surface area contributed by atoms with Gasteiger partial charge < -0.3 is 19.0 Å². The van der Waals surface area contributed by atoms with Crippen molar-refractivity contribution in [3.8, 4) is 11.4 Å². The normalized spacial score (nSPS) is 19.1. The lowest BCUT2D eigenvalue weighted by atomic mass is 9.95. The second-order valence-corrected chi connectivity index (χ2v) is 8.67. The first-order chi connectivity index (χ1) is 16.9. The standard InChI is InChI=1S/C26H25F3N4O2/c1-16-14-32(15-30-16)23-6-5-17(11-24(23)34-2)10-18-4-3-8-33-22(7-9-35-31-26(18)33)19-12-20(27)25(29)21(28)13-19/h5-6,10-15,22H,3-4,7-9H2,1-2H3/b18-10+. The number of amidine groups is 1. The molecule has 3 heterocycles. The Bertz CT molecular complexity index is 1290. The second kappa shape index (κ2) is 9.48. The summed E-state index contributed by atoms with van der Waals surface area (Å²) in [6.07, 6.45) is 7.75. The molecule has 1 aromatic heterocycles. The molecule has 1 fully saturated rings. The predicted molar refractivity (Wildman–Crippen MR) is 126 cm³/mol. The molecule has 1 atom stereocenters. The van der Waals surface area contributed by atoms with E-state index >= 15 is 0 Å². The number of aryl methyl sites for hydroxylation is 1. The van der Waals surface area contributed by atoms with Crippen molar-refractivity contribution in [2.45, 2.75) is 32.2 Å². The number of hydrogen-bond donors (Lipinski definition) is 0. The molecule has 2 aromatic carbocycles. The molecule has 182 valence electrons. The fourth-order valence-corrected chi connectivity index (χ4v) is 4.69. The number of benzene rings is 2. The zero-order chi connectivity index (χ0) is 24.5. The second-order valence-electron chi connectivity index (χ2n) is 8.67. The molecular weight excluding hydrogens is 457 g/mol. The summed E-state index contributed by atoms with van der Waals surface area (Å²) in [4.78, 5) is 11.8. The molecule has 0 radical (unpaired) electrons. The van der Waals surface area contributed by atoms with E-state index in [9.17, 15) is 13.2 Å². The lowest BCUT2D eigenvalue weighted by Crippen LogP contribution is -2.39. The Morgan fingerprint density at radius 3 is 2.66 bits per heavy atom. The van der Waals surface area contributed by atoms with Crippen molar-refractivity contribution < 1.29 is 22.7 Å². The van der Waals surface area contributed by atoms with Crippen LogP contribution in [0.5, 0.6) is 5.75 Å². The quantitative estimate of drug-likeness (QED) is 0.457. The van der Waals surface area contributed by atoms with Crippen molar-refractivity contribution in [3.05, 3.63) is 82.7 Å². The van der Waals surface area contributed by atoms with Crippen LogP contribution in [0, 0.1) is 24.4 Å². The summed E-state index contributed by atoms with van der Waals surface area (Å²) in [6.45, 7) is 2.85. The Morgan fingerprint density at radius 2 is 1.94 bits per heavy atom. The van der Waals surface area contributed by atoms with Gasteiger partial charge in [-0.05, 0) is 66.8 Å². The van der Waals surface area contributed by atoms with E-state index in [1.165, 1.54) is 0 Å². The Labute approximate surface area is 201 Å². The Balaban J connectivity index is 1.48. The summed E-state index contributed by atoms with van der Waals surface area (Å²) in [6, 6.07) is 7.63. The van der Waals surface area contributed by atoms with E-state index in [-0.39, 0.29) is 12.6 Å². The van der Waals surface area contributed by atoms with Crippen molar-refractivity contribution >= 4 is 11.9 Å². The number of aromatic nitrogens is 2. The average Bonchev–Trinajstić information content (AvgIpc) is 3.16. The number of piperidine rings is 1. The van der Waals surface area contributed by atoms with Crippen LogP contribution in [0.1, 0.15) is 42.1 Å². The Kier molecular flexibility index (Phi) is 6.23. The SMILES string of the molecule is COc1cc(/C=C2\CCCN3C2=NOCCC3c2cc(F)c(F)c(F)c2)ccc1-n1cnc(C)c1. The van der Waals surface area contributed by atoms with Gasteiger partial charge in [-0.25, -0.2) is 18.2 Å². The van der Waals surface area contributed by atoms with E-state index in [0.717, 1.165) is 47.5 Å². The van der Waals surface area contributed by atoms with Gasteiger partial charge in [0.1, 0.15) is 12.4 Å². The van der Waals surface area contributed by atoms with Crippen LogP contribution in [0.2, 0.25) is 0 Å².